The molecule has 112 valence electrons. The third kappa shape index (κ3) is 3.08. The highest BCUT2D eigenvalue weighted by Crippen LogP contribution is 2.24. The lowest BCUT2D eigenvalue weighted by atomic mass is 9.96. The van der Waals surface area contributed by atoms with Crippen molar-refractivity contribution in [2.45, 2.75) is 27.2 Å². The summed E-state index contributed by atoms with van der Waals surface area (Å²) in [6.45, 7) is 6.59. The number of benzene rings is 2. The molecule has 0 aliphatic carbocycles. The first-order valence-electron chi connectivity index (χ1n) is 7.71. The van der Waals surface area contributed by atoms with Crippen molar-refractivity contribution in [3.8, 4) is 0 Å². The van der Waals surface area contributed by atoms with E-state index in [4.69, 9.17) is 0 Å². The van der Waals surface area contributed by atoms with Crippen LogP contribution in [0.3, 0.4) is 0 Å². The van der Waals surface area contributed by atoms with Gasteiger partial charge in [-0.15, -0.1) is 5.10 Å². The number of rotatable bonds is 4. The molecule has 0 N–H and O–H groups in total. The van der Waals surface area contributed by atoms with E-state index in [1.807, 2.05) is 28.9 Å². The number of aromatic nitrogens is 3. The van der Waals surface area contributed by atoms with Crippen LogP contribution in [0.5, 0.6) is 0 Å². The van der Waals surface area contributed by atoms with Crippen LogP contribution in [0.1, 0.15) is 31.4 Å². The normalized spacial score (nSPS) is 12.3. The molecule has 1 aromatic heterocycles. The second kappa shape index (κ2) is 6.14. The Labute approximate surface area is 131 Å². The summed E-state index contributed by atoms with van der Waals surface area (Å²) in [6, 6.07) is 16.7. The van der Waals surface area contributed by atoms with Crippen molar-refractivity contribution >= 4 is 22.8 Å². The molecule has 3 aromatic rings. The molecule has 0 fully saturated rings. The largest absolute Gasteiger partial charge is 0.220 e. The Hall–Kier alpha value is -2.42. The number of para-hydroxylation sites is 1. The maximum absolute atomic E-state index is 4.28. The van der Waals surface area contributed by atoms with Gasteiger partial charge < -0.3 is 0 Å². The molecule has 1 heterocycles. The SMILES string of the molecule is Cc1ccc(C(=Cn2nnc3ccccc32)CC(C)C)cc1. The van der Waals surface area contributed by atoms with Gasteiger partial charge in [-0.2, -0.15) is 0 Å². The first kappa shape index (κ1) is 14.5. The third-order valence-corrected chi connectivity index (χ3v) is 3.71. The standard InChI is InChI=1S/C19H21N3/c1-14(2)12-17(16-10-8-15(3)9-11-16)13-22-19-7-5-4-6-18(19)20-21-22/h4-11,13-14H,12H2,1-3H3. The van der Waals surface area contributed by atoms with Gasteiger partial charge in [-0.1, -0.05) is 61.0 Å². The maximum Gasteiger partial charge on any atom is 0.113 e. The molecule has 3 nitrogen and oxygen atoms in total. The van der Waals surface area contributed by atoms with Crippen LogP contribution < -0.4 is 0 Å². The van der Waals surface area contributed by atoms with Gasteiger partial charge in [0.25, 0.3) is 0 Å². The van der Waals surface area contributed by atoms with Gasteiger partial charge >= 0.3 is 0 Å². The fourth-order valence-corrected chi connectivity index (χ4v) is 2.58. The molecule has 0 saturated heterocycles. The number of fused-ring (bicyclic) bond motifs is 1. The van der Waals surface area contributed by atoms with Crippen molar-refractivity contribution in [2.75, 3.05) is 0 Å². The molecule has 0 saturated carbocycles. The van der Waals surface area contributed by atoms with Crippen molar-refractivity contribution in [2.24, 2.45) is 5.92 Å². The Bertz CT molecular complexity index is 795. The van der Waals surface area contributed by atoms with Gasteiger partial charge in [0.15, 0.2) is 0 Å². The fourth-order valence-electron chi connectivity index (χ4n) is 2.58. The van der Waals surface area contributed by atoms with Crippen molar-refractivity contribution < 1.29 is 0 Å². The van der Waals surface area contributed by atoms with E-state index < -0.39 is 0 Å². The topological polar surface area (TPSA) is 30.7 Å². The molecule has 0 spiro atoms. The van der Waals surface area contributed by atoms with Crippen LogP contribution in [0.2, 0.25) is 0 Å². The molecule has 0 radical (unpaired) electrons. The Balaban J connectivity index is 2.06. The minimum atomic E-state index is 0.585. The monoisotopic (exact) mass is 291 g/mol. The molecule has 0 atom stereocenters. The lowest BCUT2D eigenvalue weighted by Gasteiger charge is -2.11. The van der Waals surface area contributed by atoms with Crippen LogP contribution in [0.4, 0.5) is 0 Å². The van der Waals surface area contributed by atoms with Crippen molar-refractivity contribution in [3.05, 3.63) is 59.7 Å². The number of nitrogens with zero attached hydrogens (tertiary/aromatic N) is 3. The number of hydrogen-bond acceptors (Lipinski definition) is 2. The van der Waals surface area contributed by atoms with E-state index in [0.29, 0.717) is 5.92 Å². The summed E-state index contributed by atoms with van der Waals surface area (Å²) in [4.78, 5) is 0. The first-order valence-corrected chi connectivity index (χ1v) is 7.71. The lowest BCUT2D eigenvalue weighted by molar-refractivity contribution is 0.673. The summed E-state index contributed by atoms with van der Waals surface area (Å²) in [5, 5.41) is 8.50. The number of hydrogen-bond donors (Lipinski definition) is 0. The first-order chi connectivity index (χ1) is 10.6. The summed E-state index contributed by atoms with van der Waals surface area (Å²) in [6.07, 6.45) is 3.12. The van der Waals surface area contributed by atoms with Crippen LogP contribution >= 0.6 is 0 Å². The molecule has 0 aliphatic rings. The smallest absolute Gasteiger partial charge is 0.113 e. The zero-order valence-corrected chi connectivity index (χ0v) is 13.3. The summed E-state index contributed by atoms with van der Waals surface area (Å²) >= 11 is 0. The van der Waals surface area contributed by atoms with Crippen molar-refractivity contribution in [3.63, 3.8) is 0 Å². The van der Waals surface area contributed by atoms with Gasteiger partial charge in [-0.3, -0.25) is 0 Å². The zero-order valence-electron chi connectivity index (χ0n) is 13.3. The molecule has 0 aliphatic heterocycles. The predicted octanol–water partition coefficient (Wildman–Crippen LogP) is 4.78. The van der Waals surface area contributed by atoms with Crippen LogP contribution in [0, 0.1) is 12.8 Å². The highest BCUT2D eigenvalue weighted by Gasteiger charge is 2.07. The van der Waals surface area contributed by atoms with E-state index in [0.717, 1.165) is 17.5 Å². The third-order valence-electron chi connectivity index (χ3n) is 3.71. The molecule has 3 heteroatoms. The maximum atomic E-state index is 4.28. The molecule has 2 aromatic carbocycles. The summed E-state index contributed by atoms with van der Waals surface area (Å²) in [5.74, 6) is 0.585. The predicted molar refractivity (Wildman–Crippen MR) is 92.3 cm³/mol. The van der Waals surface area contributed by atoms with E-state index in [-0.39, 0.29) is 0 Å². The van der Waals surface area contributed by atoms with E-state index in [1.165, 1.54) is 16.7 Å². The van der Waals surface area contributed by atoms with Crippen molar-refractivity contribution in [1.29, 1.82) is 0 Å². The Morgan fingerprint density at radius 1 is 1.09 bits per heavy atom. The zero-order chi connectivity index (χ0) is 15.5. The van der Waals surface area contributed by atoms with Crippen LogP contribution in [-0.2, 0) is 0 Å². The minimum absolute atomic E-state index is 0.585. The van der Waals surface area contributed by atoms with Gasteiger partial charge in [0, 0.05) is 6.20 Å². The van der Waals surface area contributed by atoms with E-state index in [9.17, 15) is 0 Å². The Morgan fingerprint density at radius 3 is 2.55 bits per heavy atom. The number of allylic oxidation sites excluding steroid dienone is 1. The van der Waals surface area contributed by atoms with Gasteiger partial charge in [0.05, 0.1) is 5.52 Å². The molecule has 0 amide bonds. The van der Waals surface area contributed by atoms with E-state index in [2.05, 4.69) is 61.5 Å². The summed E-state index contributed by atoms with van der Waals surface area (Å²) in [7, 11) is 0. The van der Waals surface area contributed by atoms with Crippen LogP contribution in [0.25, 0.3) is 22.8 Å². The lowest BCUT2D eigenvalue weighted by Crippen LogP contribution is -1.97. The summed E-state index contributed by atoms with van der Waals surface area (Å²) in [5.41, 5.74) is 5.77. The highest BCUT2D eigenvalue weighted by atomic mass is 15.4. The fraction of sp³-hybridized carbons (Fsp3) is 0.263. The average Bonchev–Trinajstić information content (AvgIpc) is 2.90. The molecule has 22 heavy (non-hydrogen) atoms. The molecule has 0 bridgehead atoms. The quantitative estimate of drug-likeness (QED) is 0.692. The molecule has 0 unspecified atom stereocenters. The van der Waals surface area contributed by atoms with Gasteiger partial charge in [0.2, 0.25) is 0 Å². The second-order valence-corrected chi connectivity index (χ2v) is 6.14. The van der Waals surface area contributed by atoms with Gasteiger partial charge in [0.1, 0.15) is 5.52 Å². The van der Waals surface area contributed by atoms with Gasteiger partial charge in [-0.05, 0) is 42.5 Å². The van der Waals surface area contributed by atoms with Gasteiger partial charge in [-0.25, -0.2) is 4.68 Å². The van der Waals surface area contributed by atoms with Crippen molar-refractivity contribution in [1.82, 2.24) is 15.0 Å². The number of aryl methyl sites for hydroxylation is 1. The Morgan fingerprint density at radius 2 is 1.82 bits per heavy atom. The Kier molecular flexibility index (Phi) is 4.05. The summed E-state index contributed by atoms with van der Waals surface area (Å²) < 4.78 is 1.88. The van der Waals surface area contributed by atoms with E-state index in [1.54, 1.807) is 0 Å². The average molecular weight is 291 g/mol. The highest BCUT2D eigenvalue weighted by molar-refractivity contribution is 5.81. The van der Waals surface area contributed by atoms with Crippen LogP contribution in [-0.4, -0.2) is 15.0 Å². The van der Waals surface area contributed by atoms with Crippen LogP contribution in [0.15, 0.2) is 48.5 Å². The minimum Gasteiger partial charge on any atom is -0.220 e. The van der Waals surface area contributed by atoms with E-state index >= 15 is 0 Å². The molecular weight excluding hydrogens is 270 g/mol. The molecule has 3 rings (SSSR count). The molecular formula is C19H21N3. The second-order valence-electron chi connectivity index (χ2n) is 6.14.